The normalized spacial score (nSPS) is 14.5. The van der Waals surface area contributed by atoms with Crippen LogP contribution in [0.5, 0.6) is 5.75 Å². The van der Waals surface area contributed by atoms with Crippen LogP contribution in [0.15, 0.2) is 102 Å². The summed E-state index contributed by atoms with van der Waals surface area (Å²) < 4.78 is 0. The van der Waals surface area contributed by atoms with Crippen molar-refractivity contribution in [2.24, 2.45) is 10.4 Å². The summed E-state index contributed by atoms with van der Waals surface area (Å²) in [6, 6.07) is 31.9. The van der Waals surface area contributed by atoms with Crippen LogP contribution in [0.1, 0.15) is 25.0 Å². The Morgan fingerprint density at radius 3 is 2.29 bits per heavy atom. The Hall–Kier alpha value is -3.55. The van der Waals surface area contributed by atoms with Crippen molar-refractivity contribution >= 4 is 33.0 Å². The first kappa shape index (κ1) is 23.2. The van der Waals surface area contributed by atoms with Gasteiger partial charge in [-0.05, 0) is 29.0 Å². The van der Waals surface area contributed by atoms with Crippen LogP contribution in [0.25, 0.3) is 38.5 Å². The average molecular weight is 635 g/mol. The number of phenolic OH excluding ortho intramolecular Hbond substituents is 1. The van der Waals surface area contributed by atoms with Crippen molar-refractivity contribution < 1.29 is 26.2 Å². The summed E-state index contributed by atoms with van der Waals surface area (Å²) >= 11 is 0. The van der Waals surface area contributed by atoms with E-state index in [1.165, 1.54) is 0 Å². The summed E-state index contributed by atoms with van der Waals surface area (Å²) in [5.41, 5.74) is 4.93. The molecule has 4 heteroatoms. The van der Waals surface area contributed by atoms with E-state index in [0.717, 1.165) is 55.3 Å². The van der Waals surface area contributed by atoms with Crippen molar-refractivity contribution in [3.05, 3.63) is 114 Å². The molecule has 2 heterocycles. The first-order chi connectivity index (χ1) is 16.5. The molecule has 0 unspecified atom stereocenters. The second-order valence-corrected chi connectivity index (χ2v) is 9.25. The molecule has 0 radical (unpaired) electrons. The number of fused-ring (bicyclic) bond motifs is 2. The topological polar surface area (TPSA) is 45.5 Å². The SMILES string of the molecule is CC1(C)C=C(c2[c-]c(-c3nccc4ccccc34)cc3ccccc23)N=C1c1ccccc1O.[Pt]. The predicted molar refractivity (Wildman–Crippen MR) is 140 cm³/mol. The minimum Gasteiger partial charge on any atom is -0.507 e. The predicted octanol–water partition coefficient (Wildman–Crippen LogP) is 7.43. The van der Waals surface area contributed by atoms with E-state index in [9.17, 15) is 5.11 Å². The first-order valence-electron chi connectivity index (χ1n) is 11.4. The zero-order valence-electron chi connectivity index (χ0n) is 19.4. The van der Waals surface area contributed by atoms with E-state index in [4.69, 9.17) is 9.98 Å². The van der Waals surface area contributed by atoms with Crippen molar-refractivity contribution in [1.29, 1.82) is 0 Å². The van der Waals surface area contributed by atoms with Gasteiger partial charge in [0.1, 0.15) is 5.75 Å². The Labute approximate surface area is 219 Å². The number of para-hydroxylation sites is 1. The summed E-state index contributed by atoms with van der Waals surface area (Å²) in [7, 11) is 0. The molecule has 0 saturated heterocycles. The van der Waals surface area contributed by atoms with Crippen LogP contribution in [-0.4, -0.2) is 15.8 Å². The van der Waals surface area contributed by atoms with Gasteiger partial charge in [-0.25, -0.2) is 0 Å². The molecule has 3 nitrogen and oxygen atoms in total. The maximum absolute atomic E-state index is 10.5. The number of allylic oxidation sites excluding steroid dienone is 1. The van der Waals surface area contributed by atoms with Gasteiger partial charge in [0.05, 0.1) is 5.71 Å². The molecule has 1 aliphatic rings. The molecule has 0 atom stereocenters. The van der Waals surface area contributed by atoms with Crippen LogP contribution in [0, 0.1) is 11.5 Å². The van der Waals surface area contributed by atoms with Crippen molar-refractivity contribution in [2.75, 3.05) is 0 Å². The van der Waals surface area contributed by atoms with E-state index in [2.05, 4.69) is 62.4 Å². The third-order valence-electron chi connectivity index (χ3n) is 6.47. The van der Waals surface area contributed by atoms with E-state index >= 15 is 0 Å². The number of aromatic hydroxyl groups is 1. The fourth-order valence-corrected chi connectivity index (χ4v) is 4.82. The van der Waals surface area contributed by atoms with Gasteiger partial charge in [-0.15, -0.1) is 12.1 Å². The molecule has 6 rings (SSSR count). The van der Waals surface area contributed by atoms with Crippen LogP contribution in [0.3, 0.4) is 0 Å². The smallest absolute Gasteiger partial charge is 0.124 e. The summed E-state index contributed by atoms with van der Waals surface area (Å²) in [6.45, 7) is 4.26. The molecule has 0 spiro atoms. The van der Waals surface area contributed by atoms with Crippen LogP contribution in [0.4, 0.5) is 0 Å². The molecule has 5 aromatic rings. The Morgan fingerprint density at radius 2 is 1.49 bits per heavy atom. The standard InChI is InChI=1S/C31H23N2O.Pt/c1-31(2)19-27(33-30(31)25-13-7-8-14-28(25)34)26-18-22(17-21-10-4-5-11-23(21)26)29-24-12-6-3-9-20(24)15-16-32-29;/h3-17,19,34H,1-2H3;/q-1;. The monoisotopic (exact) mass is 634 g/mol. The van der Waals surface area contributed by atoms with Gasteiger partial charge in [-0.1, -0.05) is 102 Å². The summed E-state index contributed by atoms with van der Waals surface area (Å²) in [5.74, 6) is 0.242. The van der Waals surface area contributed by atoms with E-state index in [0.29, 0.717) is 0 Å². The Bertz CT molecular complexity index is 1640. The van der Waals surface area contributed by atoms with Crippen LogP contribution < -0.4 is 0 Å². The fourth-order valence-electron chi connectivity index (χ4n) is 4.82. The molecule has 1 N–H and O–H groups in total. The van der Waals surface area contributed by atoms with Crippen LogP contribution in [-0.2, 0) is 21.1 Å². The number of phenols is 1. The largest absolute Gasteiger partial charge is 0.507 e. The quantitative estimate of drug-likeness (QED) is 0.210. The Kier molecular flexibility index (Phi) is 5.90. The first-order valence-corrected chi connectivity index (χ1v) is 11.4. The minimum atomic E-state index is -0.336. The molecule has 1 aliphatic heterocycles. The van der Waals surface area contributed by atoms with Gasteiger partial charge >= 0.3 is 0 Å². The summed E-state index contributed by atoms with van der Waals surface area (Å²) in [4.78, 5) is 9.79. The number of aliphatic imine (C=N–C) groups is 1. The number of benzene rings is 4. The second-order valence-electron chi connectivity index (χ2n) is 9.25. The van der Waals surface area contributed by atoms with Gasteiger partial charge in [0.2, 0.25) is 0 Å². The number of hydrogen-bond donors (Lipinski definition) is 1. The second kappa shape index (κ2) is 8.91. The van der Waals surface area contributed by atoms with Gasteiger partial charge in [-0.2, -0.15) is 0 Å². The molecule has 35 heavy (non-hydrogen) atoms. The van der Waals surface area contributed by atoms with E-state index in [-0.39, 0.29) is 32.2 Å². The van der Waals surface area contributed by atoms with Gasteiger partial charge in [-0.3, -0.25) is 9.98 Å². The number of aromatic nitrogens is 1. The van der Waals surface area contributed by atoms with Gasteiger partial charge in [0, 0.05) is 49.6 Å². The number of pyridine rings is 1. The molecule has 174 valence electrons. The number of nitrogens with zero attached hydrogens (tertiary/aromatic N) is 2. The van der Waals surface area contributed by atoms with E-state index in [1.807, 2.05) is 48.7 Å². The third kappa shape index (κ3) is 4.00. The van der Waals surface area contributed by atoms with Crippen molar-refractivity contribution in [1.82, 2.24) is 4.98 Å². The molecule has 0 bridgehead atoms. The van der Waals surface area contributed by atoms with E-state index < -0.39 is 0 Å². The van der Waals surface area contributed by atoms with Crippen molar-refractivity contribution in [3.63, 3.8) is 0 Å². The zero-order chi connectivity index (χ0) is 23.3. The zero-order valence-corrected chi connectivity index (χ0v) is 21.7. The van der Waals surface area contributed by atoms with Crippen molar-refractivity contribution in [3.8, 4) is 17.0 Å². The van der Waals surface area contributed by atoms with Gasteiger partial charge in [0.15, 0.2) is 0 Å². The van der Waals surface area contributed by atoms with Gasteiger partial charge in [0.25, 0.3) is 0 Å². The maximum Gasteiger partial charge on any atom is 0.124 e. The van der Waals surface area contributed by atoms with E-state index in [1.54, 1.807) is 6.07 Å². The van der Waals surface area contributed by atoms with Gasteiger partial charge < -0.3 is 5.11 Å². The van der Waals surface area contributed by atoms with Crippen LogP contribution in [0.2, 0.25) is 0 Å². The molecule has 0 amide bonds. The summed E-state index contributed by atoms with van der Waals surface area (Å²) in [5, 5.41) is 15.0. The van der Waals surface area contributed by atoms with Crippen molar-refractivity contribution in [2.45, 2.75) is 13.8 Å². The molecule has 0 saturated carbocycles. The Balaban J connectivity index is 0.00000253. The fraction of sp³-hybridized carbons (Fsp3) is 0.0968. The molecule has 1 aromatic heterocycles. The number of hydrogen-bond acceptors (Lipinski definition) is 3. The number of rotatable bonds is 3. The van der Waals surface area contributed by atoms with Crippen LogP contribution >= 0.6 is 0 Å². The third-order valence-corrected chi connectivity index (χ3v) is 6.47. The minimum absolute atomic E-state index is 0. The molecule has 0 fully saturated rings. The maximum atomic E-state index is 10.5. The molecule has 0 aliphatic carbocycles. The average Bonchev–Trinajstić information content (AvgIpc) is 3.18. The molecule has 4 aromatic carbocycles. The Morgan fingerprint density at radius 1 is 0.800 bits per heavy atom. The summed E-state index contributed by atoms with van der Waals surface area (Å²) in [6.07, 6.45) is 4.03. The molecular formula is C31H23N2OPt-. The molecular weight excluding hydrogens is 611 g/mol.